The second kappa shape index (κ2) is 5.88. The minimum atomic E-state index is -0.296. The molecule has 4 rings (SSSR count). The third-order valence-electron chi connectivity index (χ3n) is 4.54. The van der Waals surface area contributed by atoms with E-state index in [1.54, 1.807) is 7.11 Å². The Morgan fingerprint density at radius 1 is 1.08 bits per heavy atom. The number of hydrogen-bond donors (Lipinski definition) is 1. The van der Waals surface area contributed by atoms with Gasteiger partial charge in [0.15, 0.2) is 0 Å². The first-order valence-corrected chi connectivity index (χ1v) is 7.96. The Balaban J connectivity index is 2.04. The maximum Gasteiger partial charge on any atom is 0.205 e. The van der Waals surface area contributed by atoms with Crippen LogP contribution in [-0.2, 0) is 0 Å². The summed E-state index contributed by atoms with van der Waals surface area (Å²) in [5.74, 6) is 1.28. The minimum absolute atomic E-state index is 0.151. The lowest BCUT2D eigenvalue weighted by atomic mass is 9.81. The van der Waals surface area contributed by atoms with Gasteiger partial charge in [-0.25, -0.2) is 0 Å². The molecule has 3 aromatic carbocycles. The number of nitriles is 1. The Morgan fingerprint density at radius 2 is 1.92 bits per heavy atom. The van der Waals surface area contributed by atoms with Crippen molar-refractivity contribution < 1.29 is 9.47 Å². The van der Waals surface area contributed by atoms with Crippen molar-refractivity contribution in [3.8, 4) is 17.6 Å². The van der Waals surface area contributed by atoms with Crippen LogP contribution in [0.3, 0.4) is 0 Å². The van der Waals surface area contributed by atoms with Crippen LogP contribution in [0.25, 0.3) is 10.8 Å². The van der Waals surface area contributed by atoms with Gasteiger partial charge in [0, 0.05) is 5.56 Å². The second-order valence-electron chi connectivity index (χ2n) is 5.90. The highest BCUT2D eigenvalue weighted by Crippen LogP contribution is 2.45. The van der Waals surface area contributed by atoms with Gasteiger partial charge in [0.25, 0.3) is 0 Å². The molecule has 0 unspecified atom stereocenters. The van der Waals surface area contributed by atoms with Gasteiger partial charge in [-0.3, -0.25) is 0 Å². The van der Waals surface area contributed by atoms with Gasteiger partial charge in [-0.05, 0) is 34.5 Å². The zero-order valence-corrected chi connectivity index (χ0v) is 13.7. The van der Waals surface area contributed by atoms with Crippen molar-refractivity contribution in [2.24, 2.45) is 5.73 Å². The van der Waals surface area contributed by atoms with Crippen LogP contribution < -0.4 is 15.2 Å². The van der Waals surface area contributed by atoms with Crippen molar-refractivity contribution >= 4 is 10.8 Å². The molecule has 3 aromatic rings. The van der Waals surface area contributed by atoms with Crippen LogP contribution in [0.15, 0.2) is 72.1 Å². The fourth-order valence-electron chi connectivity index (χ4n) is 3.40. The summed E-state index contributed by atoms with van der Waals surface area (Å²) in [5, 5.41) is 11.9. The maximum atomic E-state index is 9.72. The van der Waals surface area contributed by atoms with Gasteiger partial charge >= 0.3 is 0 Å². The second-order valence-corrected chi connectivity index (χ2v) is 5.90. The van der Waals surface area contributed by atoms with Crippen molar-refractivity contribution in [2.75, 3.05) is 7.11 Å². The van der Waals surface area contributed by atoms with Gasteiger partial charge in [0.1, 0.15) is 23.1 Å². The van der Waals surface area contributed by atoms with Crippen molar-refractivity contribution in [3.63, 3.8) is 0 Å². The van der Waals surface area contributed by atoms with E-state index in [9.17, 15) is 5.26 Å². The van der Waals surface area contributed by atoms with Gasteiger partial charge in [0.2, 0.25) is 5.88 Å². The Kier molecular flexibility index (Phi) is 3.55. The molecule has 25 heavy (non-hydrogen) atoms. The van der Waals surface area contributed by atoms with Crippen LogP contribution in [0.5, 0.6) is 11.5 Å². The van der Waals surface area contributed by atoms with E-state index in [2.05, 4.69) is 6.07 Å². The highest BCUT2D eigenvalue weighted by Gasteiger charge is 2.32. The van der Waals surface area contributed by atoms with E-state index in [0.29, 0.717) is 11.3 Å². The van der Waals surface area contributed by atoms with Crippen LogP contribution in [0.2, 0.25) is 0 Å². The topological polar surface area (TPSA) is 68.3 Å². The maximum absolute atomic E-state index is 9.72. The molecule has 4 heteroatoms. The summed E-state index contributed by atoms with van der Waals surface area (Å²) in [5.41, 5.74) is 8.36. The van der Waals surface area contributed by atoms with Gasteiger partial charge < -0.3 is 15.2 Å². The standard InChI is InChI=1S/C21H16N2O2/c1-24-15-7-4-6-14(11-15)19-17(12-22)21(23)25-18-10-9-13-5-2-3-8-16(13)20(18)19/h2-11,19H,23H2,1H3/t19-/m1/s1. The van der Waals surface area contributed by atoms with Gasteiger partial charge in [-0.15, -0.1) is 0 Å². The third kappa shape index (κ3) is 2.38. The van der Waals surface area contributed by atoms with Crippen LogP contribution in [0.1, 0.15) is 17.0 Å². The lowest BCUT2D eigenvalue weighted by molar-refractivity contribution is 0.394. The first-order valence-electron chi connectivity index (χ1n) is 7.96. The predicted molar refractivity (Wildman–Crippen MR) is 96.2 cm³/mol. The van der Waals surface area contributed by atoms with E-state index in [4.69, 9.17) is 15.2 Å². The van der Waals surface area contributed by atoms with Gasteiger partial charge in [-0.2, -0.15) is 5.26 Å². The van der Waals surface area contributed by atoms with E-state index in [1.165, 1.54) is 0 Å². The van der Waals surface area contributed by atoms with Crippen LogP contribution in [0.4, 0.5) is 0 Å². The lowest BCUT2D eigenvalue weighted by Crippen LogP contribution is -2.21. The molecule has 1 heterocycles. The molecule has 1 aliphatic heterocycles. The number of allylic oxidation sites excluding steroid dienone is 1. The zero-order chi connectivity index (χ0) is 17.4. The fraction of sp³-hybridized carbons (Fsp3) is 0.0952. The fourth-order valence-corrected chi connectivity index (χ4v) is 3.40. The monoisotopic (exact) mass is 328 g/mol. The molecule has 0 aromatic heterocycles. The molecule has 1 atom stereocenters. The number of rotatable bonds is 2. The molecule has 1 aliphatic rings. The first-order chi connectivity index (χ1) is 12.2. The summed E-state index contributed by atoms with van der Waals surface area (Å²) in [6.45, 7) is 0. The lowest BCUT2D eigenvalue weighted by Gasteiger charge is -2.28. The molecule has 0 radical (unpaired) electrons. The average molecular weight is 328 g/mol. The third-order valence-corrected chi connectivity index (χ3v) is 4.54. The largest absolute Gasteiger partial charge is 0.497 e. The summed E-state index contributed by atoms with van der Waals surface area (Å²) in [4.78, 5) is 0. The van der Waals surface area contributed by atoms with E-state index >= 15 is 0 Å². The highest BCUT2D eigenvalue weighted by atomic mass is 16.5. The molecular formula is C21H16N2O2. The molecule has 0 saturated carbocycles. The van der Waals surface area contributed by atoms with Crippen LogP contribution >= 0.6 is 0 Å². The molecule has 0 spiro atoms. The van der Waals surface area contributed by atoms with Gasteiger partial charge in [-0.1, -0.05) is 42.5 Å². The van der Waals surface area contributed by atoms with Crippen LogP contribution in [0, 0.1) is 11.3 Å². The number of ether oxygens (including phenoxy) is 2. The van der Waals surface area contributed by atoms with Crippen molar-refractivity contribution in [2.45, 2.75) is 5.92 Å². The quantitative estimate of drug-likeness (QED) is 0.770. The summed E-state index contributed by atoms with van der Waals surface area (Å²) < 4.78 is 11.1. The molecule has 4 nitrogen and oxygen atoms in total. The first kappa shape index (κ1) is 15.1. The smallest absolute Gasteiger partial charge is 0.205 e. The Labute approximate surface area is 145 Å². The molecule has 0 bridgehead atoms. The number of benzene rings is 3. The molecule has 0 fully saturated rings. The highest BCUT2D eigenvalue weighted by molar-refractivity contribution is 5.90. The molecule has 2 N–H and O–H groups in total. The molecule has 0 amide bonds. The number of hydrogen-bond acceptors (Lipinski definition) is 4. The predicted octanol–water partition coefficient (Wildman–Crippen LogP) is 4.07. The summed E-state index contributed by atoms with van der Waals surface area (Å²) in [6.07, 6.45) is 0. The molecule has 0 aliphatic carbocycles. The molecule has 122 valence electrons. The van der Waals surface area contributed by atoms with Crippen LogP contribution in [-0.4, -0.2) is 7.11 Å². The van der Waals surface area contributed by atoms with Gasteiger partial charge in [0.05, 0.1) is 13.0 Å². The minimum Gasteiger partial charge on any atom is -0.497 e. The summed E-state index contributed by atoms with van der Waals surface area (Å²) in [7, 11) is 1.63. The Hall–Kier alpha value is -3.45. The normalized spacial score (nSPS) is 16.1. The van der Waals surface area contributed by atoms with E-state index < -0.39 is 0 Å². The van der Waals surface area contributed by atoms with E-state index in [-0.39, 0.29) is 11.8 Å². The number of methoxy groups -OCH3 is 1. The van der Waals surface area contributed by atoms with Crippen molar-refractivity contribution in [1.82, 2.24) is 0 Å². The van der Waals surface area contributed by atoms with E-state index in [1.807, 2.05) is 60.7 Å². The number of nitrogens with two attached hydrogens (primary N) is 1. The summed E-state index contributed by atoms with van der Waals surface area (Å²) >= 11 is 0. The molecule has 0 saturated heterocycles. The van der Waals surface area contributed by atoms with Crippen molar-refractivity contribution in [3.05, 3.63) is 83.2 Å². The Bertz CT molecular complexity index is 1050. The number of fused-ring (bicyclic) bond motifs is 3. The average Bonchev–Trinajstić information content (AvgIpc) is 2.66. The zero-order valence-electron chi connectivity index (χ0n) is 13.7. The Morgan fingerprint density at radius 3 is 2.72 bits per heavy atom. The van der Waals surface area contributed by atoms with E-state index in [0.717, 1.165) is 27.6 Å². The SMILES string of the molecule is COc1cccc([C@@H]2C(C#N)=C(N)Oc3ccc4ccccc4c32)c1. The number of nitrogens with zero attached hydrogens (tertiary/aromatic N) is 1. The summed E-state index contributed by atoms with van der Waals surface area (Å²) in [6, 6.07) is 21.9. The molecular weight excluding hydrogens is 312 g/mol. The van der Waals surface area contributed by atoms with Crippen molar-refractivity contribution in [1.29, 1.82) is 5.26 Å².